The van der Waals surface area contributed by atoms with Gasteiger partial charge in [-0.15, -0.1) is 0 Å². The Hall–Kier alpha value is -1.46. The Labute approximate surface area is 103 Å². The zero-order valence-electron chi connectivity index (χ0n) is 8.51. The smallest absolute Gasteiger partial charge is 0.154 e. The van der Waals surface area contributed by atoms with Gasteiger partial charge in [-0.2, -0.15) is 5.10 Å². The van der Waals surface area contributed by atoms with Crippen LogP contribution in [-0.4, -0.2) is 19.8 Å². The van der Waals surface area contributed by atoms with E-state index in [2.05, 4.69) is 10.1 Å². The van der Waals surface area contributed by atoms with Crippen LogP contribution in [0.5, 0.6) is 0 Å². The van der Waals surface area contributed by atoms with Crippen LogP contribution in [0.4, 0.5) is 0 Å². The Bertz CT molecular complexity index is 550. The lowest BCUT2D eigenvalue weighted by atomic mass is 10.2. The molecule has 0 radical (unpaired) electrons. The zero-order chi connectivity index (χ0) is 11.7. The van der Waals surface area contributed by atoms with Gasteiger partial charge in [0.1, 0.15) is 4.99 Å². The second kappa shape index (κ2) is 4.19. The highest BCUT2D eigenvalue weighted by Crippen LogP contribution is 2.12. The molecule has 6 heteroatoms. The quantitative estimate of drug-likeness (QED) is 0.829. The van der Waals surface area contributed by atoms with Gasteiger partial charge in [0.2, 0.25) is 0 Å². The number of pyridine rings is 1. The summed E-state index contributed by atoms with van der Waals surface area (Å²) >= 11 is 10.7. The van der Waals surface area contributed by atoms with Crippen LogP contribution in [0.15, 0.2) is 24.5 Å². The molecule has 0 aliphatic heterocycles. The molecular formula is C10H9ClN4S. The number of hydrogen-bond acceptors (Lipinski definition) is 3. The van der Waals surface area contributed by atoms with Crippen LogP contribution in [0.1, 0.15) is 11.3 Å². The molecule has 16 heavy (non-hydrogen) atoms. The molecule has 82 valence electrons. The van der Waals surface area contributed by atoms with Crippen molar-refractivity contribution in [2.24, 2.45) is 5.73 Å². The fraction of sp³-hybridized carbons (Fsp3) is 0.100. The van der Waals surface area contributed by atoms with Crippen LogP contribution >= 0.6 is 23.8 Å². The van der Waals surface area contributed by atoms with Gasteiger partial charge >= 0.3 is 0 Å². The molecule has 0 aliphatic carbocycles. The number of aryl methyl sites for hydroxylation is 1. The number of thiocarbonyl (C=S) groups is 1. The Morgan fingerprint density at radius 2 is 2.25 bits per heavy atom. The normalized spacial score (nSPS) is 10.4. The van der Waals surface area contributed by atoms with E-state index in [1.54, 1.807) is 23.1 Å². The molecule has 0 fully saturated rings. The summed E-state index contributed by atoms with van der Waals surface area (Å²) in [6.45, 7) is 1.87. The van der Waals surface area contributed by atoms with E-state index in [1.807, 2.05) is 13.0 Å². The van der Waals surface area contributed by atoms with Crippen LogP contribution in [0, 0.1) is 6.92 Å². The van der Waals surface area contributed by atoms with E-state index in [1.165, 1.54) is 0 Å². The molecule has 0 unspecified atom stereocenters. The molecule has 0 aromatic carbocycles. The number of nitrogens with two attached hydrogens (primary N) is 1. The van der Waals surface area contributed by atoms with Gasteiger partial charge in [0.05, 0.1) is 17.4 Å². The van der Waals surface area contributed by atoms with Crippen molar-refractivity contribution in [2.45, 2.75) is 6.92 Å². The lowest BCUT2D eigenvalue weighted by Crippen LogP contribution is -2.11. The maximum atomic E-state index is 5.79. The van der Waals surface area contributed by atoms with E-state index in [4.69, 9.17) is 29.6 Å². The topological polar surface area (TPSA) is 56.7 Å². The van der Waals surface area contributed by atoms with Gasteiger partial charge in [-0.05, 0) is 19.1 Å². The fourth-order valence-electron chi connectivity index (χ4n) is 1.34. The molecular weight excluding hydrogens is 244 g/mol. The van der Waals surface area contributed by atoms with Gasteiger partial charge in [-0.3, -0.25) is 0 Å². The van der Waals surface area contributed by atoms with E-state index in [0.717, 1.165) is 11.3 Å². The highest BCUT2D eigenvalue weighted by molar-refractivity contribution is 7.80. The molecule has 2 aromatic heterocycles. The van der Waals surface area contributed by atoms with Crippen molar-refractivity contribution in [1.29, 1.82) is 0 Å². The van der Waals surface area contributed by atoms with Gasteiger partial charge in [-0.25, -0.2) is 9.67 Å². The maximum absolute atomic E-state index is 5.79. The molecule has 4 nitrogen and oxygen atoms in total. The number of nitrogens with zero attached hydrogens (tertiary/aromatic N) is 3. The van der Waals surface area contributed by atoms with E-state index in [9.17, 15) is 0 Å². The number of aromatic nitrogens is 3. The van der Waals surface area contributed by atoms with E-state index >= 15 is 0 Å². The predicted octanol–water partition coefficient (Wildman–Crippen LogP) is 1.86. The van der Waals surface area contributed by atoms with Gasteiger partial charge in [0, 0.05) is 11.3 Å². The van der Waals surface area contributed by atoms with Crippen molar-refractivity contribution in [1.82, 2.24) is 14.8 Å². The average molecular weight is 253 g/mol. The minimum Gasteiger partial charge on any atom is -0.389 e. The van der Waals surface area contributed by atoms with Crippen LogP contribution in [-0.2, 0) is 0 Å². The molecule has 0 atom stereocenters. The van der Waals surface area contributed by atoms with Crippen molar-refractivity contribution in [2.75, 3.05) is 0 Å². The summed E-state index contributed by atoms with van der Waals surface area (Å²) < 4.78 is 1.58. The lowest BCUT2D eigenvalue weighted by Gasteiger charge is -2.05. The number of halogens is 1. The lowest BCUT2D eigenvalue weighted by molar-refractivity contribution is 0.840. The van der Waals surface area contributed by atoms with Crippen molar-refractivity contribution in [3.8, 4) is 5.82 Å². The summed E-state index contributed by atoms with van der Waals surface area (Å²) in [4.78, 5) is 4.66. The van der Waals surface area contributed by atoms with Gasteiger partial charge < -0.3 is 5.73 Å². The fourth-order valence-corrected chi connectivity index (χ4v) is 1.59. The highest BCUT2D eigenvalue weighted by Gasteiger charge is 2.05. The zero-order valence-corrected chi connectivity index (χ0v) is 10.1. The summed E-state index contributed by atoms with van der Waals surface area (Å²) in [6, 6.07) is 3.61. The SMILES string of the molecule is Cc1cc(C(N)=S)cc(-n2cc(Cl)cn2)n1. The first kappa shape index (κ1) is 11.0. The summed E-state index contributed by atoms with van der Waals surface area (Å²) in [5, 5.41) is 4.62. The largest absolute Gasteiger partial charge is 0.389 e. The van der Waals surface area contributed by atoms with Gasteiger partial charge in [0.15, 0.2) is 5.82 Å². The third kappa shape index (κ3) is 2.20. The Morgan fingerprint density at radius 3 is 2.81 bits per heavy atom. The number of hydrogen-bond donors (Lipinski definition) is 1. The van der Waals surface area contributed by atoms with Crippen LogP contribution < -0.4 is 5.73 Å². The molecule has 0 saturated carbocycles. The van der Waals surface area contributed by atoms with Crippen LogP contribution in [0.25, 0.3) is 5.82 Å². The Balaban J connectivity index is 2.53. The van der Waals surface area contributed by atoms with Crippen LogP contribution in [0.3, 0.4) is 0 Å². The monoisotopic (exact) mass is 252 g/mol. The molecule has 0 bridgehead atoms. The minimum atomic E-state index is 0.338. The third-order valence-corrected chi connectivity index (χ3v) is 2.44. The van der Waals surface area contributed by atoms with Gasteiger partial charge in [0.25, 0.3) is 0 Å². The van der Waals surface area contributed by atoms with Crippen molar-refractivity contribution >= 4 is 28.8 Å². The second-order valence-electron chi connectivity index (χ2n) is 3.32. The maximum Gasteiger partial charge on any atom is 0.154 e. The molecule has 2 rings (SSSR count). The molecule has 2 heterocycles. The van der Waals surface area contributed by atoms with Gasteiger partial charge in [-0.1, -0.05) is 23.8 Å². The Morgan fingerprint density at radius 1 is 1.50 bits per heavy atom. The summed E-state index contributed by atoms with van der Waals surface area (Å²) in [5.74, 6) is 0.648. The molecule has 2 aromatic rings. The van der Waals surface area contributed by atoms with E-state index in [-0.39, 0.29) is 0 Å². The molecule has 0 aliphatic rings. The van der Waals surface area contributed by atoms with Crippen LogP contribution in [0.2, 0.25) is 5.02 Å². The first-order valence-corrected chi connectivity index (χ1v) is 5.34. The highest BCUT2D eigenvalue weighted by atomic mass is 35.5. The summed E-state index contributed by atoms with van der Waals surface area (Å²) in [7, 11) is 0. The van der Waals surface area contributed by atoms with Crippen molar-refractivity contribution < 1.29 is 0 Å². The third-order valence-electron chi connectivity index (χ3n) is 2.01. The predicted molar refractivity (Wildman–Crippen MR) is 67.0 cm³/mol. The van der Waals surface area contributed by atoms with Crippen molar-refractivity contribution in [3.05, 3.63) is 40.8 Å². The van der Waals surface area contributed by atoms with Crippen molar-refractivity contribution in [3.63, 3.8) is 0 Å². The molecule has 2 N–H and O–H groups in total. The number of rotatable bonds is 2. The Kier molecular flexibility index (Phi) is 2.89. The molecule has 0 saturated heterocycles. The summed E-state index contributed by atoms with van der Waals surface area (Å²) in [6.07, 6.45) is 3.22. The van der Waals surface area contributed by atoms with E-state index in [0.29, 0.717) is 15.8 Å². The first-order chi connectivity index (χ1) is 7.56. The summed E-state index contributed by atoms with van der Waals surface area (Å²) in [5.41, 5.74) is 7.18. The first-order valence-electron chi connectivity index (χ1n) is 4.55. The molecule has 0 amide bonds. The second-order valence-corrected chi connectivity index (χ2v) is 4.20. The van der Waals surface area contributed by atoms with E-state index < -0.39 is 0 Å². The average Bonchev–Trinajstić information content (AvgIpc) is 2.64. The standard InChI is InChI=1S/C10H9ClN4S/c1-6-2-7(10(12)16)3-9(14-6)15-5-8(11)4-13-15/h2-5H,1H3,(H2,12,16). The molecule has 0 spiro atoms. The minimum absolute atomic E-state index is 0.338.